The average molecular weight is 851 g/mol. The molecule has 67 heavy (non-hydrogen) atoms. The summed E-state index contributed by atoms with van der Waals surface area (Å²) in [5.41, 5.74) is 24.4. The van der Waals surface area contributed by atoms with E-state index in [1.165, 1.54) is 77.9 Å². The first-order valence-corrected chi connectivity index (χ1v) is 23.1. The van der Waals surface area contributed by atoms with Crippen LogP contribution in [-0.2, 0) is 5.41 Å². The van der Waals surface area contributed by atoms with Gasteiger partial charge in [-0.1, -0.05) is 224 Å². The van der Waals surface area contributed by atoms with Crippen molar-refractivity contribution in [2.24, 2.45) is 0 Å². The van der Waals surface area contributed by atoms with E-state index in [4.69, 9.17) is 9.97 Å². The van der Waals surface area contributed by atoms with Crippen LogP contribution in [0.5, 0.6) is 0 Å². The molecule has 0 N–H and O–H groups in total. The summed E-state index contributed by atoms with van der Waals surface area (Å²) < 4.78 is 0. The monoisotopic (exact) mass is 850 g/mol. The molecule has 2 aliphatic rings. The summed E-state index contributed by atoms with van der Waals surface area (Å²) >= 11 is 0. The topological polar surface area (TPSA) is 25.8 Å². The van der Waals surface area contributed by atoms with Gasteiger partial charge in [-0.3, -0.25) is 0 Å². The number of aromatic nitrogens is 2. The van der Waals surface area contributed by atoms with Gasteiger partial charge in [-0.25, -0.2) is 9.97 Å². The zero-order chi connectivity index (χ0) is 44.3. The first-order chi connectivity index (χ1) is 33.2. The molecule has 0 saturated heterocycles. The van der Waals surface area contributed by atoms with Crippen LogP contribution in [0.4, 0.5) is 0 Å². The maximum atomic E-state index is 5.22. The fourth-order valence-electron chi connectivity index (χ4n) is 10.9. The summed E-state index contributed by atoms with van der Waals surface area (Å²) in [5.74, 6) is 0.699. The molecule has 1 heterocycles. The summed E-state index contributed by atoms with van der Waals surface area (Å²) in [6.45, 7) is 0. The largest absolute Gasteiger partial charge is 0.228 e. The highest BCUT2D eigenvalue weighted by atomic mass is 14.9. The molecule has 2 aliphatic carbocycles. The lowest BCUT2D eigenvalue weighted by molar-refractivity contribution is 0.794. The van der Waals surface area contributed by atoms with Crippen molar-refractivity contribution in [1.29, 1.82) is 0 Å². The highest BCUT2D eigenvalue weighted by Crippen LogP contribution is 2.63. The molecule has 0 atom stereocenters. The zero-order valence-corrected chi connectivity index (χ0v) is 36.6. The molecule has 2 nitrogen and oxygen atoms in total. The maximum absolute atomic E-state index is 5.22. The molecule has 2 heteroatoms. The Balaban J connectivity index is 0.952. The molecular formula is C65H42N2. The van der Waals surface area contributed by atoms with Gasteiger partial charge in [0.15, 0.2) is 5.82 Å². The molecule has 10 aromatic carbocycles. The van der Waals surface area contributed by atoms with Crippen molar-refractivity contribution in [2.75, 3.05) is 0 Å². The maximum Gasteiger partial charge on any atom is 0.160 e. The van der Waals surface area contributed by atoms with Crippen LogP contribution in [-0.4, -0.2) is 9.97 Å². The molecule has 0 aliphatic heterocycles. The van der Waals surface area contributed by atoms with Gasteiger partial charge in [0, 0.05) is 16.7 Å². The predicted molar refractivity (Wildman–Crippen MR) is 276 cm³/mol. The Bertz CT molecular complexity index is 3620. The normalized spacial score (nSPS) is 12.6. The first-order valence-electron chi connectivity index (χ1n) is 23.1. The molecule has 0 radical (unpaired) electrons. The third-order valence-electron chi connectivity index (χ3n) is 13.9. The lowest BCUT2D eigenvalue weighted by atomic mass is 9.70. The smallest absolute Gasteiger partial charge is 0.160 e. The van der Waals surface area contributed by atoms with Gasteiger partial charge in [0.2, 0.25) is 0 Å². The van der Waals surface area contributed by atoms with Crippen LogP contribution in [0.15, 0.2) is 255 Å². The highest BCUT2D eigenvalue weighted by molar-refractivity contribution is 5.99. The van der Waals surface area contributed by atoms with Crippen LogP contribution in [0.25, 0.3) is 101 Å². The van der Waals surface area contributed by atoms with Gasteiger partial charge in [-0.05, 0) is 119 Å². The molecule has 11 aromatic rings. The molecule has 1 aromatic heterocycles. The molecule has 0 saturated carbocycles. The van der Waals surface area contributed by atoms with Crippen molar-refractivity contribution in [2.45, 2.75) is 5.41 Å². The molecule has 312 valence electrons. The molecule has 13 rings (SSSR count). The predicted octanol–water partition coefficient (Wildman–Crippen LogP) is 16.5. The molecule has 0 unspecified atom stereocenters. The minimum absolute atomic E-state index is 0.437. The number of rotatable bonds is 7. The van der Waals surface area contributed by atoms with Gasteiger partial charge >= 0.3 is 0 Å². The number of hydrogen-bond donors (Lipinski definition) is 0. The fourth-order valence-corrected chi connectivity index (χ4v) is 10.9. The van der Waals surface area contributed by atoms with E-state index in [-0.39, 0.29) is 0 Å². The van der Waals surface area contributed by atoms with Crippen LogP contribution >= 0.6 is 0 Å². The van der Waals surface area contributed by atoms with Gasteiger partial charge in [0.25, 0.3) is 0 Å². The van der Waals surface area contributed by atoms with Crippen molar-refractivity contribution in [3.63, 3.8) is 0 Å². The second kappa shape index (κ2) is 15.8. The zero-order valence-electron chi connectivity index (χ0n) is 36.6. The highest BCUT2D eigenvalue weighted by Gasteiger charge is 2.51. The van der Waals surface area contributed by atoms with E-state index < -0.39 is 5.41 Å². The second-order valence-electron chi connectivity index (χ2n) is 17.6. The van der Waals surface area contributed by atoms with Crippen LogP contribution in [0.1, 0.15) is 22.3 Å². The van der Waals surface area contributed by atoms with Gasteiger partial charge in [-0.15, -0.1) is 0 Å². The number of nitrogens with zero attached hydrogens (tertiary/aromatic N) is 2. The first kappa shape index (κ1) is 38.7. The lowest BCUT2D eigenvalue weighted by Gasteiger charge is -2.31. The Labute approximate surface area is 391 Å². The Hall–Kier alpha value is -8.72. The van der Waals surface area contributed by atoms with Crippen molar-refractivity contribution in [3.8, 4) is 101 Å². The van der Waals surface area contributed by atoms with Gasteiger partial charge < -0.3 is 0 Å². The minimum atomic E-state index is -0.437. The third kappa shape index (κ3) is 6.33. The van der Waals surface area contributed by atoms with E-state index in [2.05, 4.69) is 237 Å². The number of fused-ring (bicyclic) bond motifs is 10. The van der Waals surface area contributed by atoms with E-state index in [1.807, 2.05) is 18.2 Å². The fraction of sp³-hybridized carbons (Fsp3) is 0.0154. The van der Waals surface area contributed by atoms with E-state index in [9.17, 15) is 0 Å². The van der Waals surface area contributed by atoms with Crippen molar-refractivity contribution in [1.82, 2.24) is 9.97 Å². The Morgan fingerprint density at radius 3 is 1.21 bits per heavy atom. The van der Waals surface area contributed by atoms with E-state index in [0.29, 0.717) is 5.82 Å². The standard InChI is InChI=1S/C65H42N2/c1-4-18-43(19-5-1)44-34-36-46(37-35-44)62-42-63(67-64(66-62)47-22-8-3-9-23-47)51-27-17-25-49(39-51)48-24-16-26-50(38-48)56-41-61-57(40-55(56)45-20-6-2-7-21-45)54-30-12-15-33-60(54)65(61)58-31-13-10-28-52(58)53-29-11-14-32-59(53)65/h1-42H. The van der Waals surface area contributed by atoms with E-state index in [0.717, 1.165) is 39.2 Å². The Morgan fingerprint density at radius 2 is 0.612 bits per heavy atom. The SMILES string of the molecule is c1ccc(-c2ccc(-c3cc(-c4cccc(-c5cccc(-c6cc7c(cc6-c6ccccc6)-c6ccccc6C76c7ccccc7-c7ccccc76)c5)c4)nc(-c4ccccc4)n3)cc2)cc1. The number of benzene rings is 10. The van der Waals surface area contributed by atoms with Crippen molar-refractivity contribution >= 4 is 0 Å². The second-order valence-corrected chi connectivity index (χ2v) is 17.6. The van der Waals surface area contributed by atoms with Crippen molar-refractivity contribution in [3.05, 3.63) is 277 Å². The van der Waals surface area contributed by atoms with Crippen LogP contribution in [0.2, 0.25) is 0 Å². The summed E-state index contributed by atoms with van der Waals surface area (Å²) in [7, 11) is 0. The van der Waals surface area contributed by atoms with Gasteiger partial charge in [0.05, 0.1) is 16.8 Å². The molecular weight excluding hydrogens is 809 g/mol. The van der Waals surface area contributed by atoms with E-state index in [1.54, 1.807) is 0 Å². The van der Waals surface area contributed by atoms with Gasteiger partial charge in [-0.2, -0.15) is 0 Å². The van der Waals surface area contributed by atoms with Crippen LogP contribution in [0, 0.1) is 0 Å². The third-order valence-corrected chi connectivity index (χ3v) is 13.9. The molecule has 0 amide bonds. The van der Waals surface area contributed by atoms with Crippen LogP contribution in [0.3, 0.4) is 0 Å². The quantitative estimate of drug-likeness (QED) is 0.160. The van der Waals surface area contributed by atoms with Crippen LogP contribution < -0.4 is 0 Å². The van der Waals surface area contributed by atoms with E-state index >= 15 is 0 Å². The van der Waals surface area contributed by atoms with Gasteiger partial charge in [0.1, 0.15) is 0 Å². The molecule has 1 spiro atoms. The summed E-state index contributed by atoms with van der Waals surface area (Å²) in [5, 5.41) is 0. The lowest BCUT2D eigenvalue weighted by Crippen LogP contribution is -2.25. The Morgan fingerprint density at radius 1 is 0.209 bits per heavy atom. The minimum Gasteiger partial charge on any atom is -0.228 e. The summed E-state index contributed by atoms with van der Waals surface area (Å²) in [4.78, 5) is 10.4. The Kier molecular flexibility index (Phi) is 9.11. The number of hydrogen-bond acceptors (Lipinski definition) is 2. The molecule has 0 bridgehead atoms. The summed E-state index contributed by atoms with van der Waals surface area (Å²) in [6.07, 6.45) is 0. The van der Waals surface area contributed by atoms with Crippen molar-refractivity contribution < 1.29 is 0 Å². The molecule has 0 fully saturated rings. The average Bonchev–Trinajstić information content (AvgIpc) is 3.88. The summed E-state index contributed by atoms with van der Waals surface area (Å²) in [6, 6.07) is 92.5.